The first-order valence-electron chi connectivity index (χ1n) is 14.0. The fourth-order valence-corrected chi connectivity index (χ4v) is 10.1. The molecular weight excluding hydrogens is 574 g/mol. The summed E-state index contributed by atoms with van der Waals surface area (Å²) in [6, 6.07) is 11.6. The van der Waals surface area contributed by atoms with Crippen molar-refractivity contribution in [3.8, 4) is 11.5 Å². The Morgan fingerprint density at radius 1 is 1.07 bits per heavy atom. The molecule has 3 aromatic rings. The highest BCUT2D eigenvalue weighted by atomic mass is 32.2. The fourth-order valence-electron chi connectivity index (χ4n) is 7.13. The van der Waals surface area contributed by atoms with Crippen LogP contribution in [0.4, 0.5) is 5.00 Å². The van der Waals surface area contributed by atoms with Gasteiger partial charge in [0.2, 0.25) is 16.8 Å². The molecule has 2 amide bonds. The van der Waals surface area contributed by atoms with Crippen LogP contribution in [0.1, 0.15) is 76.8 Å². The quantitative estimate of drug-likeness (QED) is 0.373. The number of nitrogens with one attached hydrogen (secondary N) is 1. The zero-order valence-electron chi connectivity index (χ0n) is 24.2. The van der Waals surface area contributed by atoms with E-state index in [0.717, 1.165) is 29.7 Å². The Morgan fingerprint density at radius 2 is 1.79 bits per heavy atom. The number of benzene rings is 2. The smallest absolute Gasteiger partial charge is 0.256 e. The molecule has 1 aromatic heterocycles. The van der Waals surface area contributed by atoms with E-state index in [4.69, 9.17) is 15.2 Å². The average Bonchev–Trinajstić information content (AvgIpc) is 3.57. The third kappa shape index (κ3) is 5.18. The lowest BCUT2D eigenvalue weighted by atomic mass is 9.65. The molecule has 3 aliphatic rings. The first-order valence-corrected chi connectivity index (χ1v) is 16.2. The number of primary amides is 1. The average molecular weight is 610 g/mol. The minimum atomic E-state index is -3.71. The van der Waals surface area contributed by atoms with Gasteiger partial charge in [0, 0.05) is 29.4 Å². The molecule has 3 heterocycles. The number of nitrogens with zero attached hydrogens (tertiary/aromatic N) is 1. The van der Waals surface area contributed by atoms with Gasteiger partial charge in [0.15, 0.2) is 11.5 Å². The maximum atomic E-state index is 13.6. The minimum Gasteiger partial charge on any atom is -0.454 e. The van der Waals surface area contributed by atoms with Crippen molar-refractivity contribution in [1.82, 2.24) is 4.31 Å². The Morgan fingerprint density at radius 3 is 2.50 bits per heavy atom. The fraction of sp³-hybridized carbons (Fsp3) is 0.419. The molecule has 0 spiro atoms. The summed E-state index contributed by atoms with van der Waals surface area (Å²) < 4.78 is 39.8. The normalized spacial score (nSPS) is 22.7. The molecule has 2 fully saturated rings. The van der Waals surface area contributed by atoms with Gasteiger partial charge in [0.25, 0.3) is 11.8 Å². The van der Waals surface area contributed by atoms with Gasteiger partial charge in [-0.3, -0.25) is 9.59 Å². The molecule has 9 nitrogen and oxygen atoms in total. The molecule has 222 valence electrons. The molecule has 2 atom stereocenters. The van der Waals surface area contributed by atoms with Gasteiger partial charge < -0.3 is 20.5 Å². The molecule has 0 radical (unpaired) electrons. The van der Waals surface area contributed by atoms with Gasteiger partial charge in [-0.1, -0.05) is 26.8 Å². The van der Waals surface area contributed by atoms with Crippen LogP contribution in [0.2, 0.25) is 0 Å². The second kappa shape index (κ2) is 10.1. The highest BCUT2D eigenvalue weighted by Gasteiger charge is 2.53. The SMILES string of the molecule is Cc1c(Cc2ccc3c(c2)OCO3)sc(NC(=O)c2ccc(S(=O)(=O)N3CC4(C)CC3CC(C)(C)C4)cc2)c1C(N)=O. The van der Waals surface area contributed by atoms with E-state index >= 15 is 0 Å². The summed E-state index contributed by atoms with van der Waals surface area (Å²) in [5, 5.41) is 3.19. The Bertz CT molecular complexity index is 1700. The number of rotatable bonds is 7. The topological polar surface area (TPSA) is 128 Å². The number of nitrogens with two attached hydrogens (primary N) is 1. The van der Waals surface area contributed by atoms with E-state index in [9.17, 15) is 18.0 Å². The predicted molar refractivity (Wildman–Crippen MR) is 161 cm³/mol. The van der Waals surface area contributed by atoms with E-state index in [-0.39, 0.29) is 39.7 Å². The third-order valence-electron chi connectivity index (χ3n) is 8.61. The monoisotopic (exact) mass is 609 g/mol. The van der Waals surface area contributed by atoms with Gasteiger partial charge in [-0.15, -0.1) is 11.3 Å². The number of amides is 2. The summed E-state index contributed by atoms with van der Waals surface area (Å²) in [5.74, 6) is 0.267. The largest absolute Gasteiger partial charge is 0.454 e. The first kappa shape index (κ1) is 28.7. The number of carbonyl (C=O) groups excluding carboxylic acids is 2. The molecule has 3 N–H and O–H groups in total. The van der Waals surface area contributed by atoms with E-state index < -0.39 is 21.8 Å². The van der Waals surface area contributed by atoms with Crippen LogP contribution in [0.3, 0.4) is 0 Å². The number of fused-ring (bicyclic) bond motifs is 3. The van der Waals surface area contributed by atoms with Crippen LogP contribution < -0.4 is 20.5 Å². The Hall–Kier alpha value is -3.41. The first-order chi connectivity index (χ1) is 19.7. The molecule has 42 heavy (non-hydrogen) atoms. The minimum absolute atomic E-state index is 0.0205. The van der Waals surface area contributed by atoms with Crippen molar-refractivity contribution in [3.63, 3.8) is 0 Å². The lowest BCUT2D eigenvalue weighted by Crippen LogP contribution is -2.37. The van der Waals surface area contributed by atoms with Crippen molar-refractivity contribution in [2.45, 2.75) is 64.3 Å². The van der Waals surface area contributed by atoms with Crippen LogP contribution in [0.25, 0.3) is 0 Å². The van der Waals surface area contributed by atoms with E-state index in [1.54, 1.807) is 4.31 Å². The molecule has 1 aliphatic carbocycles. The van der Waals surface area contributed by atoms with E-state index in [0.29, 0.717) is 35.0 Å². The van der Waals surface area contributed by atoms with Crippen molar-refractivity contribution in [2.24, 2.45) is 16.6 Å². The zero-order valence-corrected chi connectivity index (χ0v) is 25.8. The molecule has 2 unspecified atom stereocenters. The molecule has 1 saturated carbocycles. The Kier molecular flexibility index (Phi) is 6.90. The van der Waals surface area contributed by atoms with Crippen LogP contribution in [-0.2, 0) is 16.4 Å². The maximum Gasteiger partial charge on any atom is 0.256 e. The molecule has 6 rings (SSSR count). The van der Waals surface area contributed by atoms with Crippen molar-refractivity contribution >= 4 is 38.2 Å². The van der Waals surface area contributed by atoms with E-state index in [1.165, 1.54) is 35.6 Å². The summed E-state index contributed by atoms with van der Waals surface area (Å²) in [7, 11) is -3.71. The van der Waals surface area contributed by atoms with Crippen LogP contribution in [0.5, 0.6) is 11.5 Å². The number of thiophene rings is 1. The van der Waals surface area contributed by atoms with E-state index in [2.05, 4.69) is 26.1 Å². The van der Waals surface area contributed by atoms with Gasteiger partial charge in [-0.25, -0.2) is 8.42 Å². The number of hydrogen-bond donors (Lipinski definition) is 2. The zero-order chi connectivity index (χ0) is 30.0. The van der Waals surface area contributed by atoms with Gasteiger partial charge in [0.05, 0.1) is 10.5 Å². The van der Waals surface area contributed by atoms with E-state index in [1.807, 2.05) is 25.1 Å². The Balaban J connectivity index is 1.20. The summed E-state index contributed by atoms with van der Waals surface area (Å²) in [5.41, 5.74) is 7.99. The number of carbonyl (C=O) groups is 2. The van der Waals surface area contributed by atoms with Crippen LogP contribution in [0.15, 0.2) is 47.4 Å². The molecule has 1 saturated heterocycles. The maximum absolute atomic E-state index is 13.6. The Labute approximate surface area is 250 Å². The number of ether oxygens (including phenoxy) is 2. The summed E-state index contributed by atoms with van der Waals surface area (Å²) in [6.07, 6.45) is 3.22. The van der Waals surface area contributed by atoms with Crippen LogP contribution in [0, 0.1) is 17.8 Å². The molecular formula is C31H35N3O6S2. The number of anilines is 1. The lowest BCUT2D eigenvalue weighted by Gasteiger charge is -2.39. The molecule has 2 aliphatic heterocycles. The lowest BCUT2D eigenvalue weighted by molar-refractivity contribution is 0.100. The second-order valence-electron chi connectivity index (χ2n) is 12.8. The molecule has 11 heteroatoms. The number of hydrogen-bond acceptors (Lipinski definition) is 7. The van der Waals surface area contributed by atoms with Crippen molar-refractivity contribution < 1.29 is 27.5 Å². The second-order valence-corrected chi connectivity index (χ2v) is 15.8. The highest BCUT2D eigenvalue weighted by molar-refractivity contribution is 7.89. The van der Waals surface area contributed by atoms with Crippen molar-refractivity contribution in [2.75, 3.05) is 18.7 Å². The van der Waals surface area contributed by atoms with Crippen LogP contribution in [-0.4, -0.2) is 43.9 Å². The van der Waals surface area contributed by atoms with Gasteiger partial charge >= 0.3 is 0 Å². The summed E-state index contributed by atoms with van der Waals surface area (Å²) in [6.45, 7) is 9.09. The van der Waals surface area contributed by atoms with Crippen LogP contribution >= 0.6 is 11.3 Å². The molecule has 2 bridgehead atoms. The summed E-state index contributed by atoms with van der Waals surface area (Å²) >= 11 is 1.29. The van der Waals surface area contributed by atoms with Gasteiger partial charge in [-0.05, 0) is 84.5 Å². The standard InChI is InChI=1S/C31H35N3O6S2/c1-18-25(12-19-5-10-23-24(11-19)40-17-39-23)41-29(26(18)27(32)35)33-28(36)20-6-8-22(9-7-20)42(37,38)34-16-31(4)14-21(34)13-30(2,3)15-31/h5-11,21H,12-17H2,1-4H3,(H2,32,35)(H,33,36). The number of sulfonamides is 1. The van der Waals surface area contributed by atoms with Gasteiger partial charge in [-0.2, -0.15) is 4.31 Å². The highest BCUT2D eigenvalue weighted by Crippen LogP contribution is 2.53. The van der Waals surface area contributed by atoms with Crippen molar-refractivity contribution in [1.29, 1.82) is 0 Å². The van der Waals surface area contributed by atoms with Crippen molar-refractivity contribution in [3.05, 3.63) is 69.6 Å². The predicted octanol–water partition coefficient (Wildman–Crippen LogP) is 5.32. The summed E-state index contributed by atoms with van der Waals surface area (Å²) in [4.78, 5) is 26.7. The molecule has 2 aromatic carbocycles. The third-order valence-corrected chi connectivity index (χ3v) is 11.7. The van der Waals surface area contributed by atoms with Gasteiger partial charge in [0.1, 0.15) is 5.00 Å².